The first kappa shape index (κ1) is 14.3. The van der Waals surface area contributed by atoms with Gasteiger partial charge in [-0.15, -0.1) is 0 Å². The van der Waals surface area contributed by atoms with Crippen LogP contribution < -0.4 is 5.32 Å². The Balaban J connectivity index is 2.13. The lowest BCUT2D eigenvalue weighted by molar-refractivity contribution is 0.0601. The molecule has 0 spiro atoms. The maximum Gasteiger partial charge on any atom is 0.341 e. The maximum atomic E-state index is 11.7. The van der Waals surface area contributed by atoms with Crippen LogP contribution in [0.4, 0.5) is 5.82 Å². The van der Waals surface area contributed by atoms with E-state index in [0.29, 0.717) is 11.4 Å². The molecule has 1 aliphatic carbocycles. The average molecular weight is 329 g/mol. The highest BCUT2D eigenvalue weighted by atomic mass is 79.9. The van der Waals surface area contributed by atoms with Gasteiger partial charge in [0.05, 0.1) is 13.2 Å². The van der Waals surface area contributed by atoms with E-state index < -0.39 is 5.97 Å². The molecule has 0 saturated heterocycles. The summed E-state index contributed by atoms with van der Waals surface area (Å²) in [5.41, 5.74) is 0.419. The third-order valence-electron chi connectivity index (χ3n) is 3.30. The molecule has 0 radical (unpaired) electrons. The van der Waals surface area contributed by atoms with Crippen LogP contribution in [0.5, 0.6) is 0 Å². The monoisotopic (exact) mass is 328 g/mol. The standard InChI is InChI=1S/C13H17BrN2O3/c1-19-13(18)11-6-8(14)7-15-12(11)16-9-2-4-10(17)5-3-9/h6-7,9-10,17H,2-5H2,1H3,(H,15,16). The average Bonchev–Trinajstić information content (AvgIpc) is 2.42. The van der Waals surface area contributed by atoms with Gasteiger partial charge in [-0.2, -0.15) is 0 Å². The predicted molar refractivity (Wildman–Crippen MR) is 75.2 cm³/mol. The van der Waals surface area contributed by atoms with Gasteiger partial charge in [-0.05, 0) is 47.7 Å². The number of aliphatic hydroxyl groups is 1. The summed E-state index contributed by atoms with van der Waals surface area (Å²) in [7, 11) is 1.35. The van der Waals surface area contributed by atoms with Crippen molar-refractivity contribution in [2.75, 3.05) is 12.4 Å². The second-order valence-corrected chi connectivity index (χ2v) is 5.61. The highest BCUT2D eigenvalue weighted by Crippen LogP contribution is 2.24. The van der Waals surface area contributed by atoms with Gasteiger partial charge in [-0.1, -0.05) is 0 Å². The van der Waals surface area contributed by atoms with E-state index in [4.69, 9.17) is 4.74 Å². The van der Waals surface area contributed by atoms with Crippen LogP contribution in [0, 0.1) is 0 Å². The number of anilines is 1. The number of carbonyl (C=O) groups excluding carboxylic acids is 1. The Hall–Kier alpha value is -1.14. The topological polar surface area (TPSA) is 71.5 Å². The first-order valence-electron chi connectivity index (χ1n) is 6.28. The van der Waals surface area contributed by atoms with Gasteiger partial charge < -0.3 is 15.2 Å². The lowest BCUT2D eigenvalue weighted by Crippen LogP contribution is -2.29. The Labute approximate surface area is 120 Å². The predicted octanol–water partition coefficient (Wildman–Crippen LogP) is 2.35. The van der Waals surface area contributed by atoms with Crippen molar-refractivity contribution in [3.05, 3.63) is 22.3 Å². The quantitative estimate of drug-likeness (QED) is 0.833. The van der Waals surface area contributed by atoms with Crippen LogP contribution in [0.1, 0.15) is 36.0 Å². The van der Waals surface area contributed by atoms with Gasteiger partial charge in [0.25, 0.3) is 0 Å². The molecule has 0 aromatic carbocycles. The van der Waals surface area contributed by atoms with Crippen molar-refractivity contribution < 1.29 is 14.6 Å². The molecule has 1 aromatic rings. The van der Waals surface area contributed by atoms with Crippen molar-refractivity contribution in [1.29, 1.82) is 0 Å². The van der Waals surface area contributed by atoms with E-state index in [1.807, 2.05) is 0 Å². The van der Waals surface area contributed by atoms with Gasteiger partial charge in [0.1, 0.15) is 11.4 Å². The van der Waals surface area contributed by atoms with Crippen LogP contribution in [0.3, 0.4) is 0 Å². The van der Waals surface area contributed by atoms with Gasteiger partial charge >= 0.3 is 5.97 Å². The summed E-state index contributed by atoms with van der Waals surface area (Å²) in [4.78, 5) is 16.0. The minimum absolute atomic E-state index is 0.198. The lowest BCUT2D eigenvalue weighted by Gasteiger charge is -2.27. The summed E-state index contributed by atoms with van der Waals surface area (Å²) in [6.07, 6.45) is 4.76. The van der Waals surface area contributed by atoms with Crippen LogP contribution in [0.2, 0.25) is 0 Å². The van der Waals surface area contributed by atoms with Crippen LogP contribution in [-0.2, 0) is 4.74 Å². The van der Waals surface area contributed by atoms with Crippen LogP contribution in [0.15, 0.2) is 16.7 Å². The first-order chi connectivity index (χ1) is 9.10. The number of hydrogen-bond donors (Lipinski definition) is 2. The third kappa shape index (κ3) is 3.67. The molecule has 19 heavy (non-hydrogen) atoms. The highest BCUT2D eigenvalue weighted by Gasteiger charge is 2.22. The summed E-state index contributed by atoms with van der Waals surface area (Å²) in [5.74, 6) is 0.128. The Bertz CT molecular complexity index is 459. The minimum atomic E-state index is -0.410. The zero-order valence-corrected chi connectivity index (χ0v) is 12.3. The van der Waals surface area contributed by atoms with E-state index in [2.05, 4.69) is 26.2 Å². The number of aliphatic hydroxyl groups excluding tert-OH is 1. The number of pyridine rings is 1. The SMILES string of the molecule is COC(=O)c1cc(Br)cnc1NC1CCC(O)CC1. The number of carbonyl (C=O) groups is 1. The van der Waals surface area contributed by atoms with Crippen molar-refractivity contribution in [3.8, 4) is 0 Å². The van der Waals surface area contributed by atoms with Crippen molar-refractivity contribution in [2.24, 2.45) is 0 Å². The zero-order chi connectivity index (χ0) is 13.8. The number of ether oxygens (including phenoxy) is 1. The number of rotatable bonds is 3. The minimum Gasteiger partial charge on any atom is -0.465 e. The molecule has 6 heteroatoms. The number of nitrogens with zero attached hydrogens (tertiary/aromatic N) is 1. The fourth-order valence-electron chi connectivity index (χ4n) is 2.23. The molecule has 1 aliphatic rings. The number of esters is 1. The Morgan fingerprint density at radius 1 is 1.47 bits per heavy atom. The van der Waals surface area contributed by atoms with E-state index in [0.717, 1.165) is 30.2 Å². The molecule has 0 aliphatic heterocycles. The lowest BCUT2D eigenvalue weighted by atomic mass is 9.93. The van der Waals surface area contributed by atoms with Gasteiger partial charge in [0, 0.05) is 16.7 Å². The molecule has 0 atom stereocenters. The fraction of sp³-hybridized carbons (Fsp3) is 0.538. The van der Waals surface area contributed by atoms with Crippen LogP contribution in [-0.4, -0.2) is 35.3 Å². The molecule has 104 valence electrons. The summed E-state index contributed by atoms with van der Waals surface area (Å²) in [6, 6.07) is 1.93. The molecule has 2 rings (SSSR count). The normalized spacial score (nSPS) is 22.9. The second-order valence-electron chi connectivity index (χ2n) is 4.69. The molecular weight excluding hydrogens is 312 g/mol. The molecule has 0 unspecified atom stereocenters. The molecule has 1 aromatic heterocycles. The van der Waals surface area contributed by atoms with Gasteiger partial charge in [0.15, 0.2) is 0 Å². The second kappa shape index (κ2) is 6.34. The molecule has 5 nitrogen and oxygen atoms in total. The van der Waals surface area contributed by atoms with Gasteiger partial charge in [0.2, 0.25) is 0 Å². The van der Waals surface area contributed by atoms with Gasteiger partial charge in [-0.25, -0.2) is 9.78 Å². The molecule has 1 fully saturated rings. The van der Waals surface area contributed by atoms with E-state index in [9.17, 15) is 9.90 Å². The van der Waals surface area contributed by atoms with Crippen LogP contribution >= 0.6 is 15.9 Å². The summed E-state index contributed by atoms with van der Waals surface area (Å²) >= 11 is 3.30. The molecule has 1 saturated carbocycles. The third-order valence-corrected chi connectivity index (χ3v) is 3.73. The number of hydrogen-bond acceptors (Lipinski definition) is 5. The zero-order valence-electron chi connectivity index (χ0n) is 10.7. The largest absolute Gasteiger partial charge is 0.465 e. The maximum absolute atomic E-state index is 11.7. The van der Waals surface area contributed by atoms with Crippen molar-refractivity contribution in [1.82, 2.24) is 4.98 Å². The first-order valence-corrected chi connectivity index (χ1v) is 7.08. The van der Waals surface area contributed by atoms with Gasteiger partial charge in [-0.3, -0.25) is 0 Å². The summed E-state index contributed by atoms with van der Waals surface area (Å²) in [6.45, 7) is 0. The van der Waals surface area contributed by atoms with Crippen molar-refractivity contribution in [3.63, 3.8) is 0 Å². The van der Waals surface area contributed by atoms with Crippen molar-refractivity contribution in [2.45, 2.75) is 37.8 Å². The van der Waals surface area contributed by atoms with Crippen molar-refractivity contribution >= 4 is 27.7 Å². The number of nitrogens with one attached hydrogen (secondary N) is 1. The van der Waals surface area contributed by atoms with Crippen LogP contribution in [0.25, 0.3) is 0 Å². The molecule has 2 N–H and O–H groups in total. The van der Waals surface area contributed by atoms with E-state index in [-0.39, 0.29) is 12.1 Å². The van der Waals surface area contributed by atoms with E-state index in [1.165, 1.54) is 7.11 Å². The van der Waals surface area contributed by atoms with E-state index >= 15 is 0 Å². The van der Waals surface area contributed by atoms with E-state index in [1.54, 1.807) is 12.3 Å². The number of aromatic nitrogens is 1. The summed E-state index contributed by atoms with van der Waals surface area (Å²) < 4.78 is 5.49. The Morgan fingerprint density at radius 3 is 2.79 bits per heavy atom. The number of halogens is 1. The summed E-state index contributed by atoms with van der Waals surface area (Å²) in [5, 5.41) is 12.8. The molecular formula is C13H17BrN2O3. The Kier molecular flexibility index (Phi) is 4.76. The smallest absolute Gasteiger partial charge is 0.341 e. The molecule has 0 amide bonds. The molecule has 1 heterocycles. The fourth-order valence-corrected chi connectivity index (χ4v) is 2.56. The number of methoxy groups -OCH3 is 1. The molecule has 0 bridgehead atoms. The Morgan fingerprint density at radius 2 is 2.16 bits per heavy atom. The highest BCUT2D eigenvalue weighted by molar-refractivity contribution is 9.10.